The lowest BCUT2D eigenvalue weighted by Crippen LogP contribution is -2.08. The van der Waals surface area contributed by atoms with Crippen molar-refractivity contribution >= 4 is 6.01 Å². The van der Waals surface area contributed by atoms with Gasteiger partial charge in [0.2, 0.25) is 5.82 Å². The fourth-order valence-corrected chi connectivity index (χ4v) is 1.22. The van der Waals surface area contributed by atoms with E-state index in [9.17, 15) is 0 Å². The van der Waals surface area contributed by atoms with Crippen LogP contribution >= 0.6 is 0 Å². The number of aryl methyl sites for hydroxylation is 1. The number of hydrogen-bond acceptors (Lipinski definition) is 4. The van der Waals surface area contributed by atoms with Crippen molar-refractivity contribution in [3.05, 3.63) is 29.8 Å². The van der Waals surface area contributed by atoms with E-state index in [0.717, 1.165) is 5.56 Å². The van der Waals surface area contributed by atoms with Crippen LogP contribution in [0.25, 0.3) is 11.4 Å². The third-order valence-corrected chi connectivity index (χ3v) is 2.11. The first kappa shape index (κ1) is 9.71. The number of aromatic nitrogens is 2. The normalized spacial score (nSPS) is 10.3. The summed E-state index contributed by atoms with van der Waals surface area (Å²) in [4.78, 5) is 6.04. The van der Waals surface area contributed by atoms with Crippen molar-refractivity contribution < 1.29 is 4.52 Å². The Hall–Kier alpha value is -1.84. The van der Waals surface area contributed by atoms with Gasteiger partial charge < -0.3 is 9.42 Å². The van der Waals surface area contributed by atoms with Gasteiger partial charge in [0.25, 0.3) is 0 Å². The van der Waals surface area contributed by atoms with Crippen molar-refractivity contribution in [1.29, 1.82) is 0 Å². The van der Waals surface area contributed by atoms with E-state index in [0.29, 0.717) is 11.8 Å². The Balaban J connectivity index is 2.33. The van der Waals surface area contributed by atoms with E-state index in [1.807, 2.05) is 45.3 Å². The van der Waals surface area contributed by atoms with Gasteiger partial charge in [-0.25, -0.2) is 0 Å². The van der Waals surface area contributed by atoms with Gasteiger partial charge in [0, 0.05) is 19.7 Å². The molecule has 1 aromatic carbocycles. The maximum atomic E-state index is 5.08. The van der Waals surface area contributed by atoms with E-state index in [1.54, 1.807) is 4.90 Å². The molecule has 0 saturated heterocycles. The molecule has 0 N–H and O–H groups in total. The Morgan fingerprint density at radius 2 is 1.80 bits per heavy atom. The van der Waals surface area contributed by atoms with E-state index < -0.39 is 0 Å². The Morgan fingerprint density at radius 3 is 2.33 bits per heavy atom. The van der Waals surface area contributed by atoms with Gasteiger partial charge in [0.15, 0.2) is 0 Å². The summed E-state index contributed by atoms with van der Waals surface area (Å²) >= 11 is 0. The molecule has 1 aromatic heterocycles. The summed E-state index contributed by atoms with van der Waals surface area (Å²) in [6.45, 7) is 2.05. The van der Waals surface area contributed by atoms with Crippen molar-refractivity contribution in [1.82, 2.24) is 10.1 Å². The Morgan fingerprint density at radius 1 is 1.13 bits per heavy atom. The van der Waals surface area contributed by atoms with Gasteiger partial charge in [-0.05, 0) is 6.92 Å². The molecule has 0 aliphatic carbocycles. The topological polar surface area (TPSA) is 42.2 Å². The lowest BCUT2D eigenvalue weighted by molar-refractivity contribution is 0.423. The minimum Gasteiger partial charge on any atom is -0.331 e. The lowest BCUT2D eigenvalue weighted by atomic mass is 10.1. The molecule has 0 spiro atoms. The minimum absolute atomic E-state index is 0.519. The summed E-state index contributed by atoms with van der Waals surface area (Å²) < 4.78 is 5.08. The number of hydrogen-bond donors (Lipinski definition) is 0. The van der Waals surface area contributed by atoms with Gasteiger partial charge in [0.05, 0.1) is 0 Å². The molecule has 0 bridgehead atoms. The second-order valence-corrected chi connectivity index (χ2v) is 3.66. The van der Waals surface area contributed by atoms with Gasteiger partial charge in [-0.3, -0.25) is 0 Å². The standard InChI is InChI=1S/C11H13N3O/c1-8-4-6-9(7-5-8)10-12-11(14(2)3)15-13-10/h4-7H,1-3H3. The first-order valence-corrected chi connectivity index (χ1v) is 4.75. The van der Waals surface area contributed by atoms with Crippen LogP contribution in [0.4, 0.5) is 6.01 Å². The fraction of sp³-hybridized carbons (Fsp3) is 0.273. The first-order valence-electron chi connectivity index (χ1n) is 4.75. The molecule has 0 radical (unpaired) electrons. The van der Waals surface area contributed by atoms with Crippen LogP contribution in [-0.2, 0) is 0 Å². The average Bonchev–Trinajstić information content (AvgIpc) is 2.68. The molecule has 0 aliphatic rings. The van der Waals surface area contributed by atoms with Crippen molar-refractivity contribution in [3.63, 3.8) is 0 Å². The van der Waals surface area contributed by atoms with Crippen LogP contribution in [0.3, 0.4) is 0 Å². The summed E-state index contributed by atoms with van der Waals surface area (Å²) in [6.07, 6.45) is 0. The van der Waals surface area contributed by atoms with Crippen LogP contribution in [0.15, 0.2) is 28.8 Å². The van der Waals surface area contributed by atoms with Crippen LogP contribution in [-0.4, -0.2) is 24.2 Å². The predicted molar refractivity (Wildman–Crippen MR) is 58.8 cm³/mol. The van der Waals surface area contributed by atoms with Crippen molar-refractivity contribution in [3.8, 4) is 11.4 Å². The Bertz CT molecular complexity index is 445. The molecule has 78 valence electrons. The third-order valence-electron chi connectivity index (χ3n) is 2.11. The van der Waals surface area contributed by atoms with Crippen LogP contribution < -0.4 is 4.90 Å². The Kier molecular flexibility index (Phi) is 2.41. The monoisotopic (exact) mass is 203 g/mol. The molecule has 0 atom stereocenters. The SMILES string of the molecule is Cc1ccc(-c2noc(N(C)C)n2)cc1. The molecule has 0 saturated carbocycles. The molecule has 0 fully saturated rings. The average molecular weight is 203 g/mol. The summed E-state index contributed by atoms with van der Waals surface area (Å²) in [5.74, 6) is 0.624. The van der Waals surface area contributed by atoms with E-state index in [-0.39, 0.29) is 0 Å². The molecule has 2 rings (SSSR count). The van der Waals surface area contributed by atoms with Crippen LogP contribution in [0.1, 0.15) is 5.56 Å². The number of benzene rings is 1. The second kappa shape index (κ2) is 3.73. The molecular formula is C11H13N3O. The molecule has 1 heterocycles. The second-order valence-electron chi connectivity index (χ2n) is 3.66. The molecule has 4 nitrogen and oxygen atoms in total. The van der Waals surface area contributed by atoms with Crippen LogP contribution in [0, 0.1) is 6.92 Å². The minimum atomic E-state index is 0.519. The molecule has 15 heavy (non-hydrogen) atoms. The van der Waals surface area contributed by atoms with Crippen molar-refractivity contribution in [2.45, 2.75) is 6.92 Å². The highest BCUT2D eigenvalue weighted by Gasteiger charge is 2.08. The smallest absolute Gasteiger partial charge is 0.323 e. The highest BCUT2D eigenvalue weighted by molar-refractivity contribution is 5.55. The molecular weight excluding hydrogens is 190 g/mol. The quantitative estimate of drug-likeness (QED) is 0.749. The zero-order chi connectivity index (χ0) is 10.8. The molecule has 0 amide bonds. The van der Waals surface area contributed by atoms with E-state index in [4.69, 9.17) is 4.52 Å². The first-order chi connectivity index (χ1) is 7.16. The highest BCUT2D eigenvalue weighted by atomic mass is 16.5. The molecule has 0 aliphatic heterocycles. The van der Waals surface area contributed by atoms with Gasteiger partial charge >= 0.3 is 6.01 Å². The van der Waals surface area contributed by atoms with Crippen molar-refractivity contribution in [2.24, 2.45) is 0 Å². The lowest BCUT2D eigenvalue weighted by Gasteiger charge is -2.01. The van der Waals surface area contributed by atoms with Gasteiger partial charge in [0.1, 0.15) is 0 Å². The summed E-state index contributed by atoms with van der Waals surface area (Å²) in [5, 5.41) is 3.91. The summed E-state index contributed by atoms with van der Waals surface area (Å²) in [6, 6.07) is 8.55. The summed E-state index contributed by atoms with van der Waals surface area (Å²) in [5.41, 5.74) is 2.19. The Labute approximate surface area is 88.5 Å². The maximum Gasteiger partial charge on any atom is 0.323 e. The van der Waals surface area contributed by atoms with Crippen LogP contribution in [0.2, 0.25) is 0 Å². The number of anilines is 1. The maximum absolute atomic E-state index is 5.08. The molecule has 4 heteroatoms. The molecule has 0 unspecified atom stereocenters. The van der Waals surface area contributed by atoms with Gasteiger partial charge in [-0.15, -0.1) is 0 Å². The van der Waals surface area contributed by atoms with Crippen molar-refractivity contribution in [2.75, 3.05) is 19.0 Å². The number of rotatable bonds is 2. The van der Waals surface area contributed by atoms with E-state index >= 15 is 0 Å². The van der Waals surface area contributed by atoms with E-state index in [1.165, 1.54) is 5.56 Å². The fourth-order valence-electron chi connectivity index (χ4n) is 1.22. The zero-order valence-electron chi connectivity index (χ0n) is 9.06. The zero-order valence-corrected chi connectivity index (χ0v) is 9.06. The van der Waals surface area contributed by atoms with E-state index in [2.05, 4.69) is 10.1 Å². The summed E-state index contributed by atoms with van der Waals surface area (Å²) in [7, 11) is 3.73. The largest absolute Gasteiger partial charge is 0.331 e. The van der Waals surface area contributed by atoms with Gasteiger partial charge in [-0.1, -0.05) is 35.0 Å². The third kappa shape index (κ3) is 1.98. The predicted octanol–water partition coefficient (Wildman–Crippen LogP) is 2.11. The molecule has 2 aromatic rings. The van der Waals surface area contributed by atoms with Gasteiger partial charge in [-0.2, -0.15) is 4.98 Å². The van der Waals surface area contributed by atoms with Crippen LogP contribution in [0.5, 0.6) is 0 Å². The number of nitrogens with zero attached hydrogens (tertiary/aromatic N) is 3. The highest BCUT2D eigenvalue weighted by Crippen LogP contribution is 2.18.